The van der Waals surface area contributed by atoms with E-state index in [1.54, 1.807) is 35.2 Å². The fourth-order valence-corrected chi connectivity index (χ4v) is 6.47. The number of aliphatic hydroxyl groups excluding tert-OH is 1. The summed E-state index contributed by atoms with van der Waals surface area (Å²) in [7, 11) is -3.77. The molecule has 0 aliphatic carbocycles. The molecule has 10 nitrogen and oxygen atoms in total. The number of rotatable bonds is 6. The number of nitrogens with zero attached hydrogens (tertiary/aromatic N) is 3. The van der Waals surface area contributed by atoms with Crippen molar-refractivity contribution in [3.63, 3.8) is 0 Å². The van der Waals surface area contributed by atoms with Crippen molar-refractivity contribution < 1.29 is 32.6 Å². The Hall–Kier alpha value is -3.61. The van der Waals surface area contributed by atoms with Crippen LogP contribution >= 0.6 is 0 Å². The predicted octanol–water partition coefficient (Wildman–Crippen LogP) is 2.57. The molecule has 2 saturated heterocycles. The summed E-state index contributed by atoms with van der Waals surface area (Å²) in [5, 5.41) is 13.6. The van der Waals surface area contributed by atoms with Crippen molar-refractivity contribution in [1.29, 1.82) is 0 Å². The number of carbonyl (C=O) groups excluding carboxylic acids is 2. The second-order valence-corrected chi connectivity index (χ2v) is 12.2. The lowest BCUT2D eigenvalue weighted by molar-refractivity contribution is -0.124. The fourth-order valence-electron chi connectivity index (χ4n) is 5.29. The fraction of sp³-hybridized carbons (Fsp3) is 0.393. The lowest BCUT2D eigenvalue weighted by atomic mass is 9.89. The minimum Gasteiger partial charge on any atom is -0.393 e. The molecular formula is C28H31FN4O6S. The molecule has 12 heteroatoms. The predicted molar refractivity (Wildman–Crippen MR) is 147 cm³/mol. The van der Waals surface area contributed by atoms with Crippen molar-refractivity contribution in [3.05, 3.63) is 70.1 Å². The Balaban J connectivity index is 1.23. The third-order valence-corrected chi connectivity index (χ3v) is 9.34. The van der Waals surface area contributed by atoms with Gasteiger partial charge in [0.1, 0.15) is 11.4 Å². The van der Waals surface area contributed by atoms with Crippen molar-refractivity contribution in [2.75, 3.05) is 26.2 Å². The molecule has 5 rings (SSSR count). The maximum atomic E-state index is 13.1. The molecule has 0 saturated carbocycles. The third kappa shape index (κ3) is 5.65. The van der Waals surface area contributed by atoms with Gasteiger partial charge in [0.05, 0.1) is 6.10 Å². The Morgan fingerprint density at radius 1 is 1.15 bits per heavy atom. The van der Waals surface area contributed by atoms with Gasteiger partial charge in [0.25, 0.3) is 11.8 Å². The highest BCUT2D eigenvalue weighted by molar-refractivity contribution is 7.92. The summed E-state index contributed by atoms with van der Waals surface area (Å²) in [4.78, 5) is 35.7. The van der Waals surface area contributed by atoms with Crippen LogP contribution < -0.4 is 10.3 Å². The maximum absolute atomic E-state index is 13.1. The van der Waals surface area contributed by atoms with Crippen LogP contribution in [0.4, 0.5) is 4.53 Å². The number of likely N-dealkylation sites (tertiary alicyclic amines) is 1. The van der Waals surface area contributed by atoms with Gasteiger partial charge in [-0.1, -0.05) is 18.2 Å². The summed E-state index contributed by atoms with van der Waals surface area (Å²) in [6.45, 7) is 3.05. The van der Waals surface area contributed by atoms with Gasteiger partial charge in [-0.15, -0.1) is 0 Å². The number of amides is 2. The first-order valence-electron chi connectivity index (χ1n) is 13.2. The molecule has 40 heavy (non-hydrogen) atoms. The summed E-state index contributed by atoms with van der Waals surface area (Å²) >= 11 is 0. The van der Waals surface area contributed by atoms with Gasteiger partial charge >= 0.3 is 0 Å². The number of nitrogens with one attached hydrogen (secondary N) is 1. The molecule has 3 aliphatic rings. The zero-order valence-electron chi connectivity index (χ0n) is 22.0. The van der Waals surface area contributed by atoms with Crippen molar-refractivity contribution in [2.45, 2.75) is 44.2 Å². The number of hydrogen-bond donors (Lipinski definition) is 2. The number of aliphatic imine (C=N–C) groups is 1. The van der Waals surface area contributed by atoms with Crippen LogP contribution in [0.5, 0.6) is 5.75 Å². The quantitative estimate of drug-likeness (QED) is 0.550. The molecule has 2 N–H and O–H groups in total. The van der Waals surface area contributed by atoms with Crippen molar-refractivity contribution in [3.8, 4) is 5.75 Å². The van der Waals surface area contributed by atoms with E-state index in [1.807, 2.05) is 6.92 Å². The van der Waals surface area contributed by atoms with E-state index in [2.05, 4.69) is 15.3 Å². The molecule has 3 heterocycles. The Kier molecular flexibility index (Phi) is 7.76. The molecule has 2 aromatic rings. The van der Waals surface area contributed by atoms with E-state index in [1.165, 1.54) is 22.5 Å². The summed E-state index contributed by atoms with van der Waals surface area (Å²) < 4.78 is 40.1. The smallest absolute Gasteiger partial charge is 0.253 e. The van der Waals surface area contributed by atoms with Crippen molar-refractivity contribution >= 4 is 33.7 Å². The van der Waals surface area contributed by atoms with E-state index in [9.17, 15) is 27.6 Å². The van der Waals surface area contributed by atoms with Gasteiger partial charge in [-0.25, -0.2) is 8.42 Å². The molecule has 1 spiro atoms. The minimum absolute atomic E-state index is 0.0117. The number of benzene rings is 2. The number of amidine groups is 1. The summed E-state index contributed by atoms with van der Waals surface area (Å²) in [5.74, 6) is -0.129. The normalized spacial score (nSPS) is 20.1. The van der Waals surface area contributed by atoms with Crippen LogP contribution in [-0.2, 0) is 14.8 Å². The second-order valence-electron chi connectivity index (χ2n) is 10.4. The lowest BCUT2D eigenvalue weighted by Gasteiger charge is -2.34. The van der Waals surface area contributed by atoms with E-state index in [4.69, 9.17) is 0 Å². The Bertz CT molecular complexity index is 1480. The molecule has 0 atom stereocenters. The molecule has 0 aromatic heterocycles. The van der Waals surface area contributed by atoms with Crippen LogP contribution in [0.2, 0.25) is 0 Å². The number of sulfonamides is 1. The summed E-state index contributed by atoms with van der Waals surface area (Å²) in [6.07, 6.45) is 2.68. The van der Waals surface area contributed by atoms with Crippen LogP contribution in [0, 0.1) is 6.92 Å². The Morgan fingerprint density at radius 3 is 2.55 bits per heavy atom. The molecular weight excluding hydrogens is 539 g/mol. The number of hydrogen-bond acceptors (Lipinski definition) is 7. The van der Waals surface area contributed by atoms with E-state index >= 15 is 0 Å². The summed E-state index contributed by atoms with van der Waals surface area (Å²) in [6, 6.07) is 11.3. The highest BCUT2D eigenvalue weighted by atomic mass is 32.2. The average Bonchev–Trinajstić information content (AvgIpc) is 3.27. The topological polar surface area (TPSA) is 129 Å². The number of aliphatic hydroxyl groups is 1. The zero-order chi connectivity index (χ0) is 28.5. The number of piperidine rings is 2. The SMILES string of the molecule is Cc1cc(C(=O)N2CCC(O)CC2)ccc1/C=C/S(=O)(=O)N1CCC2(CC1)N=C(c1cccc(OF)c1)NC2=O. The van der Waals surface area contributed by atoms with Crippen molar-refractivity contribution in [2.24, 2.45) is 4.99 Å². The highest BCUT2D eigenvalue weighted by Crippen LogP contribution is 2.33. The van der Waals surface area contributed by atoms with Gasteiger partial charge < -0.3 is 15.3 Å². The largest absolute Gasteiger partial charge is 0.393 e. The molecule has 0 bridgehead atoms. The van der Waals surface area contributed by atoms with E-state index < -0.39 is 15.6 Å². The molecule has 2 aromatic carbocycles. The van der Waals surface area contributed by atoms with E-state index in [-0.39, 0.29) is 49.6 Å². The molecule has 0 unspecified atom stereocenters. The highest BCUT2D eigenvalue weighted by Gasteiger charge is 2.47. The van der Waals surface area contributed by atoms with Crippen molar-refractivity contribution in [1.82, 2.24) is 14.5 Å². The number of aryl methyl sites for hydroxylation is 1. The molecule has 3 aliphatic heterocycles. The minimum atomic E-state index is -3.77. The standard InChI is InChI=1S/C28H31FN4O6S/c1-19-17-22(26(35)32-12-7-23(34)8-13-32)6-5-20(19)9-16-40(37,38)33-14-10-28(11-15-33)27(36)30-25(31-28)21-3-2-4-24(18-21)39-29/h2-6,9,16-18,23,34H,7-8,10-15H2,1H3,(H,30,31,36)/b16-9+. The Morgan fingerprint density at radius 2 is 1.88 bits per heavy atom. The van der Waals surface area contributed by atoms with Crippen LogP contribution in [0.1, 0.15) is 52.7 Å². The maximum Gasteiger partial charge on any atom is 0.253 e. The first-order chi connectivity index (χ1) is 19.1. The van der Waals surface area contributed by atoms with Gasteiger partial charge in [0.15, 0.2) is 5.75 Å². The number of halogens is 1. The number of carbonyl (C=O) groups is 2. The summed E-state index contributed by atoms with van der Waals surface area (Å²) in [5.41, 5.74) is 1.37. The average molecular weight is 571 g/mol. The van der Waals surface area contributed by atoms with Gasteiger partial charge in [0.2, 0.25) is 10.0 Å². The third-order valence-electron chi connectivity index (χ3n) is 7.77. The molecule has 2 amide bonds. The van der Waals surface area contributed by atoms with E-state index in [0.717, 1.165) is 11.0 Å². The van der Waals surface area contributed by atoms with Gasteiger partial charge in [-0.05, 0) is 74.1 Å². The van der Waals surface area contributed by atoms with Crippen LogP contribution in [0.25, 0.3) is 6.08 Å². The zero-order valence-corrected chi connectivity index (χ0v) is 22.9. The van der Waals surface area contributed by atoms with Crippen LogP contribution in [-0.4, -0.2) is 78.2 Å². The Labute approximate surface area is 232 Å². The second kappa shape index (κ2) is 11.1. The first-order valence-corrected chi connectivity index (χ1v) is 14.7. The van der Waals surface area contributed by atoms with Crippen LogP contribution in [0.15, 0.2) is 52.9 Å². The molecule has 0 radical (unpaired) electrons. The van der Waals surface area contributed by atoms with Gasteiger partial charge in [0, 0.05) is 47.2 Å². The monoisotopic (exact) mass is 570 g/mol. The molecule has 212 valence electrons. The molecule has 2 fully saturated rings. The first kappa shape index (κ1) is 27.9. The van der Waals surface area contributed by atoms with Crippen LogP contribution in [0.3, 0.4) is 0 Å². The van der Waals surface area contributed by atoms with Gasteiger partial charge in [-0.2, -0.15) is 4.31 Å². The lowest BCUT2D eigenvalue weighted by Crippen LogP contribution is -2.50. The van der Waals surface area contributed by atoms with E-state index in [0.29, 0.717) is 48.5 Å². The van der Waals surface area contributed by atoms with Gasteiger partial charge in [-0.3, -0.25) is 19.5 Å².